The van der Waals surface area contributed by atoms with Crippen LogP contribution in [0.25, 0.3) is 0 Å². The molecule has 20 heavy (non-hydrogen) atoms. The van der Waals surface area contributed by atoms with Gasteiger partial charge in [-0.25, -0.2) is 0 Å². The molecular formula is C16H25NO3. The van der Waals surface area contributed by atoms with Gasteiger partial charge in [0.05, 0.1) is 6.10 Å². The Morgan fingerprint density at radius 1 is 1.20 bits per heavy atom. The molecule has 4 nitrogen and oxygen atoms in total. The van der Waals surface area contributed by atoms with Gasteiger partial charge in [-0.3, -0.25) is 4.79 Å². The quantitative estimate of drug-likeness (QED) is 0.744. The maximum Gasteiger partial charge on any atom is 0.253 e. The summed E-state index contributed by atoms with van der Waals surface area (Å²) in [4.78, 5) is 13.9. The third-order valence-electron chi connectivity index (χ3n) is 2.97. The van der Waals surface area contributed by atoms with Gasteiger partial charge in [0.2, 0.25) is 0 Å². The highest BCUT2D eigenvalue weighted by molar-refractivity contribution is 5.94. The molecule has 0 bridgehead atoms. The summed E-state index contributed by atoms with van der Waals surface area (Å²) >= 11 is 0. The first-order chi connectivity index (χ1) is 9.54. The zero-order chi connectivity index (χ0) is 15.0. The number of amides is 1. The van der Waals surface area contributed by atoms with E-state index in [0.717, 1.165) is 25.0 Å². The molecule has 0 saturated heterocycles. The summed E-state index contributed by atoms with van der Waals surface area (Å²) in [6.07, 6.45) is 2.78. The molecule has 0 fully saturated rings. The molecule has 0 aliphatic heterocycles. The van der Waals surface area contributed by atoms with Crippen molar-refractivity contribution in [2.24, 2.45) is 0 Å². The van der Waals surface area contributed by atoms with Crippen LogP contribution >= 0.6 is 0 Å². The SMILES string of the molecule is CC(C)Oc1ccc(C(=O)N(C)CCCCCO)cc1. The van der Waals surface area contributed by atoms with Gasteiger partial charge < -0.3 is 14.7 Å². The number of hydrogen-bond donors (Lipinski definition) is 1. The number of ether oxygens (including phenoxy) is 1. The second-order valence-corrected chi connectivity index (χ2v) is 5.20. The zero-order valence-corrected chi connectivity index (χ0v) is 12.6. The molecule has 0 aromatic heterocycles. The molecular weight excluding hydrogens is 254 g/mol. The van der Waals surface area contributed by atoms with E-state index in [-0.39, 0.29) is 18.6 Å². The van der Waals surface area contributed by atoms with Crippen molar-refractivity contribution in [1.29, 1.82) is 0 Å². The van der Waals surface area contributed by atoms with E-state index >= 15 is 0 Å². The molecule has 0 heterocycles. The highest BCUT2D eigenvalue weighted by atomic mass is 16.5. The summed E-state index contributed by atoms with van der Waals surface area (Å²) in [5, 5.41) is 8.71. The van der Waals surface area contributed by atoms with E-state index in [9.17, 15) is 4.79 Å². The number of benzene rings is 1. The van der Waals surface area contributed by atoms with Crippen LogP contribution in [0, 0.1) is 0 Å². The van der Waals surface area contributed by atoms with E-state index < -0.39 is 0 Å². The van der Waals surface area contributed by atoms with Gasteiger partial charge in [0, 0.05) is 25.8 Å². The summed E-state index contributed by atoms with van der Waals surface area (Å²) in [7, 11) is 1.81. The smallest absolute Gasteiger partial charge is 0.253 e. The first-order valence-corrected chi connectivity index (χ1v) is 7.17. The number of hydrogen-bond acceptors (Lipinski definition) is 3. The van der Waals surface area contributed by atoms with Crippen LogP contribution in [0.15, 0.2) is 24.3 Å². The Morgan fingerprint density at radius 2 is 1.85 bits per heavy atom. The second-order valence-electron chi connectivity index (χ2n) is 5.20. The molecule has 0 aliphatic carbocycles. The summed E-state index contributed by atoms with van der Waals surface area (Å²) < 4.78 is 5.55. The first-order valence-electron chi connectivity index (χ1n) is 7.17. The highest BCUT2D eigenvalue weighted by Crippen LogP contribution is 2.15. The Morgan fingerprint density at radius 3 is 2.40 bits per heavy atom. The topological polar surface area (TPSA) is 49.8 Å². The van der Waals surface area contributed by atoms with Gasteiger partial charge in [-0.05, 0) is 57.4 Å². The number of carbonyl (C=O) groups is 1. The summed E-state index contributed by atoms with van der Waals surface area (Å²) in [5.74, 6) is 0.798. The highest BCUT2D eigenvalue weighted by Gasteiger charge is 2.11. The van der Waals surface area contributed by atoms with Gasteiger partial charge >= 0.3 is 0 Å². The van der Waals surface area contributed by atoms with Crippen LogP contribution < -0.4 is 4.74 Å². The predicted molar refractivity (Wildman–Crippen MR) is 80.1 cm³/mol. The van der Waals surface area contributed by atoms with E-state index in [2.05, 4.69) is 0 Å². The van der Waals surface area contributed by atoms with Crippen molar-refractivity contribution in [3.8, 4) is 5.75 Å². The van der Waals surface area contributed by atoms with E-state index in [1.807, 2.05) is 26.0 Å². The lowest BCUT2D eigenvalue weighted by Crippen LogP contribution is -2.27. The molecule has 0 aliphatic rings. The zero-order valence-electron chi connectivity index (χ0n) is 12.6. The maximum atomic E-state index is 12.2. The monoisotopic (exact) mass is 279 g/mol. The number of aliphatic hydroxyl groups excluding tert-OH is 1. The average Bonchev–Trinajstić information content (AvgIpc) is 2.43. The molecule has 0 saturated carbocycles. The van der Waals surface area contributed by atoms with Crippen LogP contribution in [0.1, 0.15) is 43.5 Å². The molecule has 112 valence electrons. The van der Waals surface area contributed by atoms with Crippen molar-refractivity contribution in [2.75, 3.05) is 20.2 Å². The van der Waals surface area contributed by atoms with Crippen molar-refractivity contribution in [2.45, 2.75) is 39.2 Å². The molecule has 1 amide bonds. The molecule has 0 unspecified atom stereocenters. The molecule has 0 radical (unpaired) electrons. The van der Waals surface area contributed by atoms with E-state index in [1.54, 1.807) is 24.1 Å². The maximum absolute atomic E-state index is 12.2. The van der Waals surface area contributed by atoms with Crippen LogP contribution in [0.5, 0.6) is 5.75 Å². The third kappa shape index (κ3) is 5.61. The van der Waals surface area contributed by atoms with Crippen LogP contribution in [0.4, 0.5) is 0 Å². The van der Waals surface area contributed by atoms with Crippen molar-refractivity contribution in [3.05, 3.63) is 29.8 Å². The predicted octanol–water partition coefficient (Wildman–Crippen LogP) is 2.71. The number of aliphatic hydroxyl groups is 1. The summed E-state index contributed by atoms with van der Waals surface area (Å²) in [5.41, 5.74) is 0.672. The van der Waals surface area contributed by atoms with Crippen molar-refractivity contribution < 1.29 is 14.6 Å². The lowest BCUT2D eigenvalue weighted by molar-refractivity contribution is 0.0792. The van der Waals surface area contributed by atoms with Gasteiger partial charge in [-0.1, -0.05) is 0 Å². The minimum Gasteiger partial charge on any atom is -0.491 e. The molecule has 1 aromatic rings. The fourth-order valence-electron chi connectivity index (χ4n) is 1.91. The van der Waals surface area contributed by atoms with Crippen molar-refractivity contribution in [3.63, 3.8) is 0 Å². The number of carbonyl (C=O) groups excluding carboxylic acids is 1. The lowest BCUT2D eigenvalue weighted by atomic mass is 10.2. The fourth-order valence-corrected chi connectivity index (χ4v) is 1.91. The molecule has 4 heteroatoms. The molecule has 1 rings (SSSR count). The molecule has 1 N–H and O–H groups in total. The first kappa shape index (κ1) is 16.5. The van der Waals surface area contributed by atoms with E-state index in [1.165, 1.54) is 0 Å². The number of unbranched alkanes of at least 4 members (excludes halogenated alkanes) is 2. The average molecular weight is 279 g/mol. The van der Waals surface area contributed by atoms with Crippen molar-refractivity contribution >= 4 is 5.91 Å². The van der Waals surface area contributed by atoms with Gasteiger partial charge in [0.15, 0.2) is 0 Å². The fraction of sp³-hybridized carbons (Fsp3) is 0.562. The minimum atomic E-state index is 0.0186. The molecule has 0 spiro atoms. The Labute approximate surface area is 121 Å². The van der Waals surface area contributed by atoms with Gasteiger partial charge in [0.25, 0.3) is 5.91 Å². The van der Waals surface area contributed by atoms with Gasteiger partial charge in [0.1, 0.15) is 5.75 Å². The minimum absolute atomic E-state index is 0.0186. The van der Waals surface area contributed by atoms with E-state index in [0.29, 0.717) is 12.1 Å². The summed E-state index contributed by atoms with van der Waals surface area (Å²) in [6.45, 7) is 4.87. The van der Waals surface area contributed by atoms with Crippen molar-refractivity contribution in [1.82, 2.24) is 4.90 Å². The van der Waals surface area contributed by atoms with Crippen LogP contribution in [0.2, 0.25) is 0 Å². The third-order valence-corrected chi connectivity index (χ3v) is 2.97. The Hall–Kier alpha value is -1.55. The van der Waals surface area contributed by atoms with E-state index in [4.69, 9.17) is 9.84 Å². The summed E-state index contributed by atoms with van der Waals surface area (Å²) in [6, 6.07) is 7.24. The molecule has 1 aromatic carbocycles. The van der Waals surface area contributed by atoms with Gasteiger partial charge in [-0.15, -0.1) is 0 Å². The normalized spacial score (nSPS) is 10.7. The molecule has 0 atom stereocenters. The standard InChI is InChI=1S/C16H25NO3/c1-13(2)20-15-9-7-14(8-10-15)16(19)17(3)11-5-4-6-12-18/h7-10,13,18H,4-6,11-12H2,1-3H3. The number of rotatable bonds is 8. The lowest BCUT2D eigenvalue weighted by Gasteiger charge is -2.17. The van der Waals surface area contributed by atoms with Crippen LogP contribution in [0.3, 0.4) is 0 Å². The number of nitrogens with zero attached hydrogens (tertiary/aromatic N) is 1. The largest absolute Gasteiger partial charge is 0.491 e. The Kier molecular flexibility index (Phi) is 7.09. The van der Waals surface area contributed by atoms with Crippen LogP contribution in [-0.2, 0) is 0 Å². The Bertz CT molecular complexity index is 401. The second kappa shape index (κ2) is 8.59. The van der Waals surface area contributed by atoms with Crippen LogP contribution in [-0.4, -0.2) is 42.2 Å². The van der Waals surface area contributed by atoms with Gasteiger partial charge in [-0.2, -0.15) is 0 Å². The Balaban J connectivity index is 2.49.